The maximum Gasteiger partial charge on any atom is 0.259 e. The molecule has 0 radical (unpaired) electrons. The minimum absolute atomic E-state index is 0.0434. The number of benzene rings is 1. The predicted molar refractivity (Wildman–Crippen MR) is 78.2 cm³/mol. The number of nitrogens with two attached hydrogens (primary N) is 1. The van der Waals surface area contributed by atoms with Crippen molar-refractivity contribution >= 4 is 33.2 Å². The molecule has 0 atom stereocenters. The Kier molecular flexibility index (Phi) is 2.98. The molecule has 2 aromatic rings. The van der Waals surface area contributed by atoms with E-state index in [0.717, 1.165) is 22.1 Å². The van der Waals surface area contributed by atoms with E-state index in [0.29, 0.717) is 17.8 Å². The molecule has 19 heavy (non-hydrogen) atoms. The van der Waals surface area contributed by atoms with Crippen LogP contribution in [0.3, 0.4) is 0 Å². The number of pyridine rings is 1. The Morgan fingerprint density at radius 2 is 2.16 bits per heavy atom. The highest BCUT2D eigenvalue weighted by atomic mass is 79.9. The number of halogens is 1. The third kappa shape index (κ3) is 2.21. The second-order valence-corrected chi connectivity index (χ2v) is 5.40. The van der Waals surface area contributed by atoms with Gasteiger partial charge in [0.1, 0.15) is 0 Å². The van der Waals surface area contributed by atoms with Crippen LogP contribution in [-0.2, 0) is 6.42 Å². The Bertz CT molecular complexity index is 657. The fourth-order valence-corrected chi connectivity index (χ4v) is 2.66. The second kappa shape index (κ2) is 4.66. The molecule has 0 bridgehead atoms. The molecule has 0 saturated heterocycles. The number of carbonyl (C=O) groups is 1. The molecule has 0 aliphatic carbocycles. The summed E-state index contributed by atoms with van der Waals surface area (Å²) in [6, 6.07) is 7.48. The number of carbonyl (C=O) groups excluding carboxylic acids is 1. The molecule has 1 aliphatic heterocycles. The van der Waals surface area contributed by atoms with Gasteiger partial charge in [0, 0.05) is 34.8 Å². The molecule has 5 heteroatoms. The van der Waals surface area contributed by atoms with Crippen LogP contribution in [-0.4, -0.2) is 17.4 Å². The van der Waals surface area contributed by atoms with Gasteiger partial charge < -0.3 is 10.6 Å². The van der Waals surface area contributed by atoms with Crippen molar-refractivity contribution in [3.63, 3.8) is 0 Å². The summed E-state index contributed by atoms with van der Waals surface area (Å²) in [6.45, 7) is 0.685. The highest BCUT2D eigenvalue weighted by Gasteiger charge is 2.25. The summed E-state index contributed by atoms with van der Waals surface area (Å²) in [4.78, 5) is 18.3. The topological polar surface area (TPSA) is 59.2 Å². The molecule has 1 aromatic carbocycles. The van der Waals surface area contributed by atoms with Gasteiger partial charge in [-0.3, -0.25) is 9.78 Å². The van der Waals surface area contributed by atoms with Crippen LogP contribution in [0.2, 0.25) is 0 Å². The maximum atomic E-state index is 12.5. The number of nitrogens with zero attached hydrogens (tertiary/aromatic N) is 2. The van der Waals surface area contributed by atoms with Gasteiger partial charge in [-0.15, -0.1) is 0 Å². The fourth-order valence-electron chi connectivity index (χ4n) is 2.29. The molecule has 2 N–H and O–H groups in total. The first-order valence-corrected chi connectivity index (χ1v) is 6.75. The normalized spacial score (nSPS) is 13.4. The third-order valence-corrected chi connectivity index (χ3v) is 3.64. The maximum absolute atomic E-state index is 12.5. The minimum atomic E-state index is -0.0434. The zero-order valence-electron chi connectivity index (χ0n) is 10.1. The number of fused-ring (bicyclic) bond motifs is 1. The molecule has 0 fully saturated rings. The van der Waals surface area contributed by atoms with Crippen molar-refractivity contribution in [1.29, 1.82) is 0 Å². The average molecular weight is 318 g/mol. The molecular weight excluding hydrogens is 306 g/mol. The predicted octanol–water partition coefficient (Wildman–Crippen LogP) is 2.63. The fraction of sp³-hybridized carbons (Fsp3) is 0.143. The largest absolute Gasteiger partial charge is 0.399 e. The van der Waals surface area contributed by atoms with Crippen LogP contribution in [0, 0.1) is 0 Å². The van der Waals surface area contributed by atoms with Gasteiger partial charge in [-0.25, -0.2) is 0 Å². The molecule has 0 unspecified atom stereocenters. The molecule has 1 amide bonds. The SMILES string of the molecule is Nc1ccc2c(c1)N(C(=O)c1cncc(Br)c1)CC2. The molecule has 96 valence electrons. The van der Waals surface area contributed by atoms with Crippen LogP contribution < -0.4 is 10.6 Å². The van der Waals surface area contributed by atoms with Crippen LogP contribution in [0.4, 0.5) is 11.4 Å². The van der Waals surface area contributed by atoms with Crippen molar-refractivity contribution in [2.45, 2.75) is 6.42 Å². The summed E-state index contributed by atoms with van der Waals surface area (Å²) in [6.07, 6.45) is 4.10. The van der Waals surface area contributed by atoms with E-state index < -0.39 is 0 Å². The van der Waals surface area contributed by atoms with Crippen molar-refractivity contribution in [3.05, 3.63) is 52.3 Å². The summed E-state index contributed by atoms with van der Waals surface area (Å²) in [5, 5.41) is 0. The van der Waals surface area contributed by atoms with Gasteiger partial charge in [0.15, 0.2) is 0 Å². The van der Waals surface area contributed by atoms with Crippen molar-refractivity contribution in [1.82, 2.24) is 4.98 Å². The average Bonchev–Trinajstić information content (AvgIpc) is 2.80. The van der Waals surface area contributed by atoms with Crippen molar-refractivity contribution in [3.8, 4) is 0 Å². The number of rotatable bonds is 1. The van der Waals surface area contributed by atoms with Gasteiger partial charge >= 0.3 is 0 Å². The number of aromatic nitrogens is 1. The number of nitrogen functional groups attached to an aromatic ring is 1. The molecular formula is C14H12BrN3O. The van der Waals surface area contributed by atoms with Gasteiger partial charge in [-0.05, 0) is 46.1 Å². The second-order valence-electron chi connectivity index (χ2n) is 4.49. The van der Waals surface area contributed by atoms with Crippen LogP contribution >= 0.6 is 15.9 Å². The molecule has 1 aliphatic rings. The Morgan fingerprint density at radius 1 is 1.32 bits per heavy atom. The monoisotopic (exact) mass is 317 g/mol. The lowest BCUT2D eigenvalue weighted by atomic mass is 10.1. The van der Waals surface area contributed by atoms with Crippen molar-refractivity contribution < 1.29 is 4.79 Å². The highest BCUT2D eigenvalue weighted by Crippen LogP contribution is 2.31. The van der Waals surface area contributed by atoms with E-state index in [9.17, 15) is 4.79 Å². The Labute approximate surface area is 119 Å². The van der Waals surface area contributed by atoms with E-state index in [4.69, 9.17) is 5.73 Å². The molecule has 0 saturated carbocycles. The number of anilines is 2. The first kappa shape index (κ1) is 12.2. The van der Waals surface area contributed by atoms with E-state index in [2.05, 4.69) is 20.9 Å². The first-order chi connectivity index (χ1) is 9.15. The quantitative estimate of drug-likeness (QED) is 0.822. The van der Waals surface area contributed by atoms with E-state index in [-0.39, 0.29) is 5.91 Å². The summed E-state index contributed by atoms with van der Waals surface area (Å²) in [5.41, 5.74) is 9.11. The van der Waals surface area contributed by atoms with E-state index in [1.807, 2.05) is 18.2 Å². The van der Waals surface area contributed by atoms with Gasteiger partial charge in [-0.1, -0.05) is 6.07 Å². The summed E-state index contributed by atoms with van der Waals surface area (Å²) in [5.74, 6) is -0.0434. The first-order valence-electron chi connectivity index (χ1n) is 5.96. The lowest BCUT2D eigenvalue weighted by molar-refractivity contribution is 0.0989. The van der Waals surface area contributed by atoms with E-state index >= 15 is 0 Å². The lowest BCUT2D eigenvalue weighted by Gasteiger charge is -2.17. The molecule has 4 nitrogen and oxygen atoms in total. The van der Waals surface area contributed by atoms with Crippen molar-refractivity contribution in [2.24, 2.45) is 0 Å². The Morgan fingerprint density at radius 3 is 2.95 bits per heavy atom. The zero-order valence-corrected chi connectivity index (χ0v) is 11.7. The summed E-state index contributed by atoms with van der Waals surface area (Å²) >= 11 is 3.33. The molecule has 0 spiro atoms. The molecule has 1 aromatic heterocycles. The van der Waals surface area contributed by atoms with Gasteiger partial charge in [0.2, 0.25) is 0 Å². The van der Waals surface area contributed by atoms with Crippen LogP contribution in [0.1, 0.15) is 15.9 Å². The van der Waals surface area contributed by atoms with Gasteiger partial charge in [-0.2, -0.15) is 0 Å². The lowest BCUT2D eigenvalue weighted by Crippen LogP contribution is -2.29. The smallest absolute Gasteiger partial charge is 0.259 e. The van der Waals surface area contributed by atoms with Gasteiger partial charge in [0.25, 0.3) is 5.91 Å². The number of hydrogen-bond acceptors (Lipinski definition) is 3. The minimum Gasteiger partial charge on any atom is -0.399 e. The number of amides is 1. The zero-order chi connectivity index (χ0) is 13.4. The Balaban J connectivity index is 1.97. The third-order valence-electron chi connectivity index (χ3n) is 3.20. The number of hydrogen-bond donors (Lipinski definition) is 1. The molecule has 2 heterocycles. The Hall–Kier alpha value is -1.88. The molecule has 3 rings (SSSR count). The van der Waals surface area contributed by atoms with Gasteiger partial charge in [0.05, 0.1) is 5.56 Å². The van der Waals surface area contributed by atoms with Crippen LogP contribution in [0.25, 0.3) is 0 Å². The highest BCUT2D eigenvalue weighted by molar-refractivity contribution is 9.10. The van der Waals surface area contributed by atoms with Crippen LogP contribution in [0.15, 0.2) is 41.1 Å². The van der Waals surface area contributed by atoms with Crippen LogP contribution in [0.5, 0.6) is 0 Å². The van der Waals surface area contributed by atoms with Crippen molar-refractivity contribution in [2.75, 3.05) is 17.2 Å². The van der Waals surface area contributed by atoms with E-state index in [1.54, 1.807) is 23.4 Å². The summed E-state index contributed by atoms with van der Waals surface area (Å²) in [7, 11) is 0. The standard InChI is InChI=1S/C14H12BrN3O/c15-11-5-10(7-17-8-11)14(19)18-4-3-9-1-2-12(16)6-13(9)18/h1-2,5-8H,3-4,16H2. The van der Waals surface area contributed by atoms with E-state index in [1.165, 1.54) is 0 Å². The summed E-state index contributed by atoms with van der Waals surface area (Å²) < 4.78 is 0.797.